The molecule has 3 rings (SSSR count). The first-order chi connectivity index (χ1) is 15.8. The third kappa shape index (κ3) is 9.24. The maximum atomic E-state index is 10.9. The van der Waals surface area contributed by atoms with Crippen molar-refractivity contribution in [3.05, 3.63) is 102 Å². The molecule has 8 nitrogen and oxygen atoms in total. The van der Waals surface area contributed by atoms with Gasteiger partial charge in [0.15, 0.2) is 0 Å². The number of benzene rings is 3. The van der Waals surface area contributed by atoms with Crippen LogP contribution in [0.4, 0.5) is 5.69 Å². The monoisotopic (exact) mass is 452 g/mol. The number of anilines is 1. The molecular weight excluding hydrogens is 424 g/mol. The number of methoxy groups -OCH3 is 2. The van der Waals surface area contributed by atoms with Gasteiger partial charge in [0.2, 0.25) is 0 Å². The van der Waals surface area contributed by atoms with Gasteiger partial charge in [-0.25, -0.2) is 9.59 Å². The number of rotatable bonds is 5. The Labute approximate surface area is 192 Å². The molecule has 0 aliphatic heterocycles. The van der Waals surface area contributed by atoms with E-state index in [-0.39, 0.29) is 12.5 Å². The molecule has 0 aromatic heterocycles. The zero-order chi connectivity index (χ0) is 24.6. The SMILES string of the molecule is COC(=O)c1ccccc1.COC(=O)c1ccccc1N.NCC(C(=O)O)c1ccccc1. The van der Waals surface area contributed by atoms with Crippen molar-refractivity contribution in [1.82, 2.24) is 0 Å². The zero-order valence-electron chi connectivity index (χ0n) is 18.5. The molecule has 0 aliphatic carbocycles. The van der Waals surface area contributed by atoms with Gasteiger partial charge < -0.3 is 26.0 Å². The Hall–Kier alpha value is -4.17. The van der Waals surface area contributed by atoms with E-state index in [2.05, 4.69) is 9.47 Å². The van der Waals surface area contributed by atoms with Crippen LogP contribution in [0.2, 0.25) is 0 Å². The van der Waals surface area contributed by atoms with Crippen LogP contribution in [0.1, 0.15) is 32.2 Å². The molecule has 3 aromatic rings. The first-order valence-electron chi connectivity index (χ1n) is 9.89. The summed E-state index contributed by atoms with van der Waals surface area (Å²) in [7, 11) is 2.70. The predicted molar refractivity (Wildman–Crippen MR) is 126 cm³/mol. The summed E-state index contributed by atoms with van der Waals surface area (Å²) in [5, 5.41) is 8.75. The van der Waals surface area contributed by atoms with Gasteiger partial charge in [-0.15, -0.1) is 0 Å². The number of hydrogen-bond donors (Lipinski definition) is 3. The summed E-state index contributed by atoms with van der Waals surface area (Å²) >= 11 is 0. The van der Waals surface area contributed by atoms with Gasteiger partial charge in [0.25, 0.3) is 0 Å². The van der Waals surface area contributed by atoms with Gasteiger partial charge in [0.1, 0.15) is 0 Å². The third-order valence-corrected chi connectivity index (χ3v) is 4.30. The van der Waals surface area contributed by atoms with Crippen LogP contribution >= 0.6 is 0 Å². The van der Waals surface area contributed by atoms with Crippen molar-refractivity contribution in [1.29, 1.82) is 0 Å². The second kappa shape index (κ2) is 14.8. The molecule has 0 bridgehead atoms. The Morgan fingerprint density at radius 2 is 1.27 bits per heavy atom. The van der Waals surface area contributed by atoms with Crippen molar-refractivity contribution in [3.8, 4) is 0 Å². The predicted octanol–water partition coefficient (Wildman–Crippen LogP) is 3.34. The molecule has 5 N–H and O–H groups in total. The molecule has 1 atom stereocenters. The molecule has 3 aromatic carbocycles. The number of ether oxygens (including phenoxy) is 2. The van der Waals surface area contributed by atoms with Gasteiger partial charge in [-0.05, 0) is 29.8 Å². The number of carboxylic acids is 1. The standard InChI is InChI=1S/C9H11NO2.C8H9NO2.C8H8O2/c10-6-8(9(11)12)7-4-2-1-3-5-7;1-11-8(10)6-4-2-3-5-7(6)9;1-10-8(9)7-5-3-2-4-6-7/h1-5,8H,6,10H2,(H,11,12);2-5H,9H2,1H3;2-6H,1H3. The Morgan fingerprint density at radius 3 is 1.73 bits per heavy atom. The third-order valence-electron chi connectivity index (χ3n) is 4.30. The highest BCUT2D eigenvalue weighted by atomic mass is 16.5. The van der Waals surface area contributed by atoms with Crippen molar-refractivity contribution in [2.45, 2.75) is 5.92 Å². The summed E-state index contributed by atoms with van der Waals surface area (Å²) in [4.78, 5) is 32.4. The van der Waals surface area contributed by atoms with E-state index >= 15 is 0 Å². The van der Waals surface area contributed by atoms with Crippen LogP contribution < -0.4 is 11.5 Å². The topological polar surface area (TPSA) is 142 Å². The lowest BCUT2D eigenvalue weighted by molar-refractivity contribution is -0.138. The van der Waals surface area contributed by atoms with E-state index in [9.17, 15) is 14.4 Å². The van der Waals surface area contributed by atoms with Crippen molar-refractivity contribution in [3.63, 3.8) is 0 Å². The van der Waals surface area contributed by atoms with E-state index in [1.165, 1.54) is 14.2 Å². The van der Waals surface area contributed by atoms with Crippen LogP contribution in [0.15, 0.2) is 84.9 Å². The number of hydrogen-bond acceptors (Lipinski definition) is 7. The Balaban J connectivity index is 0.000000249. The molecular formula is C25H28N2O6. The summed E-state index contributed by atoms with van der Waals surface area (Å²) in [5.74, 6) is -2.14. The Bertz CT molecular complexity index is 1010. The van der Waals surface area contributed by atoms with Crippen LogP contribution in [0.5, 0.6) is 0 Å². The number of aliphatic carboxylic acids is 1. The van der Waals surface area contributed by atoms with E-state index in [0.717, 1.165) is 5.56 Å². The summed E-state index contributed by atoms with van der Waals surface area (Å²) < 4.78 is 9.00. The van der Waals surface area contributed by atoms with E-state index in [1.807, 2.05) is 12.1 Å². The first kappa shape index (κ1) is 26.9. The Kier molecular flexibility index (Phi) is 12.0. The largest absolute Gasteiger partial charge is 0.481 e. The number of esters is 2. The molecule has 0 amide bonds. The van der Waals surface area contributed by atoms with E-state index in [0.29, 0.717) is 16.8 Å². The molecule has 174 valence electrons. The molecule has 0 radical (unpaired) electrons. The molecule has 0 saturated carbocycles. The second-order valence-corrected chi connectivity index (χ2v) is 6.47. The van der Waals surface area contributed by atoms with Crippen molar-refractivity contribution >= 4 is 23.6 Å². The van der Waals surface area contributed by atoms with Crippen LogP contribution in [0.25, 0.3) is 0 Å². The van der Waals surface area contributed by atoms with Crippen LogP contribution in [0.3, 0.4) is 0 Å². The number of nitrogen functional groups attached to an aromatic ring is 1. The van der Waals surface area contributed by atoms with Crippen molar-refractivity contribution < 1.29 is 29.0 Å². The summed E-state index contributed by atoms with van der Waals surface area (Å²) in [6.07, 6.45) is 0. The highest BCUT2D eigenvalue weighted by Gasteiger charge is 2.16. The summed E-state index contributed by atoms with van der Waals surface area (Å²) in [6, 6.07) is 24.7. The minimum Gasteiger partial charge on any atom is -0.481 e. The molecule has 0 aliphatic rings. The summed E-state index contributed by atoms with van der Waals surface area (Å²) in [5.41, 5.74) is 13.0. The molecule has 0 saturated heterocycles. The number of para-hydroxylation sites is 1. The maximum Gasteiger partial charge on any atom is 0.339 e. The fourth-order valence-corrected chi connectivity index (χ4v) is 2.55. The molecule has 0 heterocycles. The van der Waals surface area contributed by atoms with E-state index in [1.54, 1.807) is 72.8 Å². The zero-order valence-corrected chi connectivity index (χ0v) is 18.5. The first-order valence-corrected chi connectivity index (χ1v) is 9.89. The average Bonchev–Trinajstić information content (AvgIpc) is 2.85. The molecule has 33 heavy (non-hydrogen) atoms. The number of carbonyl (C=O) groups excluding carboxylic acids is 2. The van der Waals surface area contributed by atoms with Gasteiger partial charge in [-0.2, -0.15) is 0 Å². The van der Waals surface area contributed by atoms with Crippen LogP contribution in [-0.2, 0) is 14.3 Å². The summed E-state index contributed by atoms with van der Waals surface area (Å²) in [6.45, 7) is 0.138. The smallest absolute Gasteiger partial charge is 0.339 e. The van der Waals surface area contributed by atoms with Gasteiger partial charge in [-0.1, -0.05) is 60.7 Å². The van der Waals surface area contributed by atoms with Crippen LogP contribution in [0, 0.1) is 0 Å². The fraction of sp³-hybridized carbons (Fsp3) is 0.160. The van der Waals surface area contributed by atoms with Gasteiger partial charge >= 0.3 is 17.9 Å². The number of carbonyl (C=O) groups is 3. The fourth-order valence-electron chi connectivity index (χ4n) is 2.55. The molecule has 0 fully saturated rings. The maximum absolute atomic E-state index is 10.9. The second-order valence-electron chi connectivity index (χ2n) is 6.47. The van der Waals surface area contributed by atoms with Gasteiger partial charge in [0, 0.05) is 12.2 Å². The van der Waals surface area contributed by atoms with Gasteiger partial charge in [-0.3, -0.25) is 4.79 Å². The molecule has 1 unspecified atom stereocenters. The lowest BCUT2D eigenvalue weighted by Crippen LogP contribution is -2.20. The lowest BCUT2D eigenvalue weighted by Gasteiger charge is -2.08. The minimum atomic E-state index is -0.872. The molecule has 0 spiro atoms. The number of nitrogens with two attached hydrogens (primary N) is 2. The van der Waals surface area contributed by atoms with Gasteiger partial charge in [0.05, 0.1) is 31.3 Å². The van der Waals surface area contributed by atoms with E-state index < -0.39 is 17.9 Å². The average molecular weight is 453 g/mol. The lowest BCUT2D eigenvalue weighted by atomic mass is 10.00. The normalized spacial score (nSPS) is 10.3. The van der Waals surface area contributed by atoms with Crippen molar-refractivity contribution in [2.75, 3.05) is 26.5 Å². The van der Waals surface area contributed by atoms with E-state index in [4.69, 9.17) is 16.6 Å². The van der Waals surface area contributed by atoms with Crippen molar-refractivity contribution in [2.24, 2.45) is 5.73 Å². The molecule has 8 heteroatoms. The highest BCUT2D eigenvalue weighted by Crippen LogP contribution is 2.13. The van der Waals surface area contributed by atoms with Crippen LogP contribution in [-0.4, -0.2) is 43.8 Å². The quantitative estimate of drug-likeness (QED) is 0.395. The number of carboxylic acid groups (broad SMARTS) is 1. The Morgan fingerprint density at radius 1 is 0.788 bits per heavy atom. The highest BCUT2D eigenvalue weighted by molar-refractivity contribution is 5.94. The minimum absolute atomic E-state index is 0.138.